The van der Waals surface area contributed by atoms with Gasteiger partial charge in [0.2, 0.25) is 0 Å². The largest absolute Gasteiger partial charge is 0.325 e. The SMILES string of the molecule is Cc1cc(NC(=O)N2CCC(C(C)S(=O)c3cn(C)nc3C(F)F)CC2)ccn1. The average Bonchev–Trinajstić information content (AvgIpc) is 3.09. The molecule has 0 bridgehead atoms. The van der Waals surface area contributed by atoms with Crippen molar-refractivity contribution in [2.75, 3.05) is 18.4 Å². The van der Waals surface area contributed by atoms with Crippen LogP contribution in [0, 0.1) is 12.8 Å². The Hall–Kier alpha value is -2.36. The summed E-state index contributed by atoms with van der Waals surface area (Å²) < 4.78 is 40.5. The van der Waals surface area contributed by atoms with Crippen LogP contribution in [0.15, 0.2) is 29.4 Å². The van der Waals surface area contributed by atoms with Gasteiger partial charge in [0.25, 0.3) is 6.43 Å². The molecule has 1 N–H and O–H groups in total. The zero-order valence-electron chi connectivity index (χ0n) is 16.6. The Labute approximate surface area is 171 Å². The maximum absolute atomic E-state index is 13.2. The first-order valence-electron chi connectivity index (χ1n) is 9.47. The molecule has 0 aromatic carbocycles. The van der Waals surface area contributed by atoms with Gasteiger partial charge in [-0.3, -0.25) is 13.9 Å². The standard InChI is InChI=1S/C19H25F2N5O2S/c1-12-10-15(4-7-22-12)23-19(27)26-8-5-14(6-9-26)13(2)29(28)16-11-25(3)24-17(16)18(20)21/h4,7,10-11,13-14,18H,5-6,8-9H2,1-3H3,(H,22,23,27). The predicted molar refractivity (Wildman–Crippen MR) is 106 cm³/mol. The summed E-state index contributed by atoms with van der Waals surface area (Å²) in [6.45, 7) is 4.72. The number of aryl methyl sites for hydroxylation is 2. The maximum Gasteiger partial charge on any atom is 0.321 e. The molecule has 1 aliphatic rings. The zero-order chi connectivity index (χ0) is 21.1. The smallest absolute Gasteiger partial charge is 0.321 e. The van der Waals surface area contributed by atoms with Crippen LogP contribution in [0.2, 0.25) is 0 Å². The number of halogens is 2. The first-order valence-corrected chi connectivity index (χ1v) is 10.7. The average molecular weight is 426 g/mol. The van der Waals surface area contributed by atoms with Crippen LogP contribution < -0.4 is 5.32 Å². The van der Waals surface area contributed by atoms with E-state index in [2.05, 4.69) is 15.4 Å². The molecule has 7 nitrogen and oxygen atoms in total. The summed E-state index contributed by atoms with van der Waals surface area (Å²) in [5.74, 6) is 0.0776. The number of pyridine rings is 1. The molecule has 10 heteroatoms. The van der Waals surface area contributed by atoms with E-state index in [0.717, 1.165) is 5.69 Å². The molecule has 0 radical (unpaired) electrons. The van der Waals surface area contributed by atoms with Gasteiger partial charge in [-0.15, -0.1) is 0 Å². The van der Waals surface area contributed by atoms with Crippen LogP contribution in [0.5, 0.6) is 0 Å². The van der Waals surface area contributed by atoms with Crippen LogP contribution in [0.4, 0.5) is 19.3 Å². The first kappa shape index (κ1) is 21.4. The lowest BCUT2D eigenvalue weighted by molar-refractivity contribution is 0.142. The van der Waals surface area contributed by atoms with Crippen molar-refractivity contribution in [2.45, 2.75) is 43.3 Å². The third-order valence-electron chi connectivity index (χ3n) is 5.22. The van der Waals surface area contributed by atoms with Crippen molar-refractivity contribution in [1.82, 2.24) is 19.7 Å². The summed E-state index contributed by atoms with van der Waals surface area (Å²) in [5, 5.41) is 6.31. The van der Waals surface area contributed by atoms with E-state index >= 15 is 0 Å². The summed E-state index contributed by atoms with van der Waals surface area (Å²) in [6.07, 6.45) is 1.62. The lowest BCUT2D eigenvalue weighted by Crippen LogP contribution is -2.43. The fourth-order valence-electron chi connectivity index (χ4n) is 3.56. The molecule has 2 amide bonds. The molecule has 0 aliphatic carbocycles. The van der Waals surface area contributed by atoms with Gasteiger partial charge in [0.1, 0.15) is 5.69 Å². The number of anilines is 1. The Kier molecular flexibility index (Phi) is 6.61. The van der Waals surface area contributed by atoms with Gasteiger partial charge in [-0.2, -0.15) is 5.10 Å². The molecule has 2 unspecified atom stereocenters. The Morgan fingerprint density at radius 2 is 2.03 bits per heavy atom. The van der Waals surface area contributed by atoms with Crippen LogP contribution in [0.25, 0.3) is 0 Å². The van der Waals surface area contributed by atoms with Crippen LogP contribution in [-0.4, -0.2) is 48.2 Å². The lowest BCUT2D eigenvalue weighted by Gasteiger charge is -2.34. The molecule has 158 valence electrons. The van der Waals surface area contributed by atoms with Crippen molar-refractivity contribution < 1.29 is 17.8 Å². The molecule has 1 aliphatic heterocycles. The summed E-state index contributed by atoms with van der Waals surface area (Å²) in [7, 11) is -0.0421. The zero-order valence-corrected chi connectivity index (χ0v) is 17.5. The van der Waals surface area contributed by atoms with E-state index in [1.807, 2.05) is 13.8 Å². The number of hydrogen-bond donors (Lipinski definition) is 1. The Balaban J connectivity index is 1.58. The summed E-state index contributed by atoms with van der Waals surface area (Å²) >= 11 is 0. The van der Waals surface area contributed by atoms with E-state index in [9.17, 15) is 17.8 Å². The van der Waals surface area contributed by atoms with Crippen molar-refractivity contribution in [3.8, 4) is 0 Å². The molecule has 3 rings (SSSR count). The van der Waals surface area contributed by atoms with E-state index in [-0.39, 0.29) is 22.1 Å². The normalized spacial score (nSPS) is 17.4. The molecule has 2 aromatic heterocycles. The first-order chi connectivity index (χ1) is 13.8. The topological polar surface area (TPSA) is 80.1 Å². The highest BCUT2D eigenvalue weighted by Gasteiger charge is 2.32. The second-order valence-corrected chi connectivity index (χ2v) is 9.07. The number of hydrogen-bond acceptors (Lipinski definition) is 4. The highest BCUT2D eigenvalue weighted by molar-refractivity contribution is 7.85. The quantitative estimate of drug-likeness (QED) is 0.795. The molecule has 0 saturated carbocycles. The van der Waals surface area contributed by atoms with Crippen molar-refractivity contribution in [3.63, 3.8) is 0 Å². The van der Waals surface area contributed by atoms with Gasteiger partial charge in [-0.25, -0.2) is 13.6 Å². The maximum atomic E-state index is 13.2. The van der Waals surface area contributed by atoms with Gasteiger partial charge in [0, 0.05) is 49.2 Å². The number of rotatable bonds is 5. The van der Waals surface area contributed by atoms with Crippen molar-refractivity contribution in [1.29, 1.82) is 0 Å². The predicted octanol–water partition coefficient (Wildman–Crippen LogP) is 3.50. The van der Waals surface area contributed by atoms with Gasteiger partial charge >= 0.3 is 6.03 Å². The Morgan fingerprint density at radius 3 is 2.66 bits per heavy atom. The molecule has 1 saturated heterocycles. The Bertz CT molecular complexity index is 896. The van der Waals surface area contributed by atoms with Crippen molar-refractivity contribution in [3.05, 3.63) is 35.9 Å². The summed E-state index contributed by atoms with van der Waals surface area (Å²) in [5.41, 5.74) is 1.09. The van der Waals surface area contributed by atoms with Gasteiger partial charge in [0.05, 0.1) is 15.7 Å². The molecule has 0 spiro atoms. The number of piperidine rings is 1. The van der Waals surface area contributed by atoms with Crippen LogP contribution in [-0.2, 0) is 17.8 Å². The van der Waals surface area contributed by atoms with Crippen LogP contribution >= 0.6 is 0 Å². The van der Waals surface area contributed by atoms with Crippen LogP contribution in [0.3, 0.4) is 0 Å². The van der Waals surface area contributed by atoms with E-state index in [4.69, 9.17) is 0 Å². The number of carbonyl (C=O) groups excluding carboxylic acids is 1. The van der Waals surface area contributed by atoms with Gasteiger partial charge in [0.15, 0.2) is 0 Å². The molecular weight excluding hydrogens is 400 g/mol. The molecule has 29 heavy (non-hydrogen) atoms. The molecule has 1 fully saturated rings. The number of carbonyl (C=O) groups is 1. The van der Waals surface area contributed by atoms with E-state index in [1.165, 1.54) is 10.9 Å². The number of nitrogens with one attached hydrogen (secondary N) is 1. The Morgan fingerprint density at radius 1 is 1.34 bits per heavy atom. The number of aromatic nitrogens is 3. The monoisotopic (exact) mass is 425 g/mol. The molecular formula is C19H25F2N5O2S. The fourth-order valence-corrected chi connectivity index (χ4v) is 5.18. The van der Waals surface area contributed by atoms with Crippen molar-refractivity contribution >= 4 is 22.5 Å². The van der Waals surface area contributed by atoms with Gasteiger partial charge in [-0.1, -0.05) is 6.92 Å². The number of urea groups is 1. The van der Waals surface area contributed by atoms with Gasteiger partial charge in [-0.05, 0) is 37.8 Å². The third kappa shape index (κ3) is 4.98. The highest BCUT2D eigenvalue weighted by Crippen LogP contribution is 2.30. The minimum absolute atomic E-state index is 0.0776. The number of likely N-dealkylation sites (tertiary alicyclic amines) is 1. The van der Waals surface area contributed by atoms with E-state index in [0.29, 0.717) is 31.6 Å². The third-order valence-corrected chi connectivity index (χ3v) is 7.03. The fraction of sp³-hybridized carbons (Fsp3) is 0.526. The number of alkyl halides is 2. The minimum atomic E-state index is -2.76. The lowest BCUT2D eigenvalue weighted by atomic mass is 9.94. The second-order valence-electron chi connectivity index (χ2n) is 7.30. The van der Waals surface area contributed by atoms with Crippen LogP contribution in [0.1, 0.15) is 37.6 Å². The minimum Gasteiger partial charge on any atom is -0.325 e. The van der Waals surface area contributed by atoms with E-state index in [1.54, 1.807) is 30.3 Å². The summed E-state index contributed by atoms with van der Waals surface area (Å²) in [6, 6.07) is 3.34. The number of nitrogens with zero attached hydrogens (tertiary/aromatic N) is 4. The molecule has 2 aromatic rings. The second kappa shape index (κ2) is 8.98. The van der Waals surface area contributed by atoms with Crippen molar-refractivity contribution in [2.24, 2.45) is 13.0 Å². The van der Waals surface area contributed by atoms with Gasteiger partial charge < -0.3 is 10.2 Å². The molecule has 3 heterocycles. The highest BCUT2D eigenvalue weighted by atomic mass is 32.2. The van der Waals surface area contributed by atoms with E-state index < -0.39 is 22.9 Å². The summed E-state index contributed by atoms with van der Waals surface area (Å²) in [4.78, 5) is 18.4. The molecule has 2 atom stereocenters. The number of amides is 2.